The maximum atomic E-state index is 11.1. The average Bonchev–Trinajstić information content (AvgIpc) is 2.46. The van der Waals surface area contributed by atoms with Crippen LogP contribution in [0.15, 0.2) is 12.3 Å². The summed E-state index contributed by atoms with van der Waals surface area (Å²) in [6, 6.07) is 3.65. The molecular weight excluding hydrogens is 256 g/mol. The van der Waals surface area contributed by atoms with Crippen LogP contribution in [0.25, 0.3) is 0 Å². The zero-order chi connectivity index (χ0) is 14.4. The lowest BCUT2D eigenvalue weighted by Gasteiger charge is -2.36. The molecule has 1 fully saturated rings. The van der Waals surface area contributed by atoms with Crippen LogP contribution in [0.4, 0.5) is 5.82 Å². The molecule has 0 aliphatic heterocycles. The van der Waals surface area contributed by atoms with Gasteiger partial charge in [-0.15, -0.1) is 5.10 Å². The zero-order valence-electron chi connectivity index (χ0n) is 11.3. The number of rotatable bonds is 5. The van der Waals surface area contributed by atoms with Crippen molar-refractivity contribution in [2.45, 2.75) is 38.5 Å². The van der Waals surface area contributed by atoms with Gasteiger partial charge in [0.25, 0.3) is 0 Å². The number of carbonyl (C=O) groups is 1. The molecule has 0 radical (unpaired) electrons. The van der Waals surface area contributed by atoms with Crippen LogP contribution < -0.4 is 5.32 Å². The topological polar surface area (TPSA) is 98.9 Å². The Kier molecular flexibility index (Phi) is 4.51. The lowest BCUT2D eigenvalue weighted by atomic mass is 9.71. The first kappa shape index (κ1) is 14.3. The van der Waals surface area contributed by atoms with Gasteiger partial charge in [0.05, 0.1) is 18.2 Å². The van der Waals surface area contributed by atoms with E-state index in [0.29, 0.717) is 17.9 Å². The second-order valence-corrected chi connectivity index (χ2v) is 5.39. The first-order valence-electron chi connectivity index (χ1n) is 6.83. The van der Waals surface area contributed by atoms with Crippen molar-refractivity contribution in [3.8, 4) is 6.07 Å². The molecule has 2 rings (SSSR count). The molecule has 0 aromatic carbocycles. The van der Waals surface area contributed by atoms with Crippen LogP contribution in [-0.2, 0) is 4.79 Å². The Bertz CT molecular complexity index is 518. The van der Waals surface area contributed by atoms with E-state index in [9.17, 15) is 4.79 Å². The second kappa shape index (κ2) is 6.33. The number of nitrogens with zero attached hydrogens (tertiary/aromatic N) is 3. The molecule has 2 N–H and O–H groups in total. The first-order chi connectivity index (χ1) is 9.65. The van der Waals surface area contributed by atoms with Gasteiger partial charge in [-0.05, 0) is 24.3 Å². The van der Waals surface area contributed by atoms with Gasteiger partial charge < -0.3 is 10.4 Å². The maximum Gasteiger partial charge on any atom is 0.303 e. The summed E-state index contributed by atoms with van der Waals surface area (Å²) in [4.78, 5) is 11.1. The van der Waals surface area contributed by atoms with E-state index in [4.69, 9.17) is 10.4 Å². The Morgan fingerprint density at radius 2 is 2.20 bits per heavy atom. The molecule has 106 valence electrons. The molecule has 20 heavy (non-hydrogen) atoms. The van der Waals surface area contributed by atoms with Gasteiger partial charge in [-0.1, -0.05) is 19.3 Å². The summed E-state index contributed by atoms with van der Waals surface area (Å²) in [6.45, 7) is 0.521. The lowest BCUT2D eigenvalue weighted by Crippen LogP contribution is -2.34. The summed E-state index contributed by atoms with van der Waals surface area (Å²) in [5, 5.41) is 28.9. The molecule has 0 bridgehead atoms. The Morgan fingerprint density at radius 3 is 2.85 bits per heavy atom. The first-order valence-corrected chi connectivity index (χ1v) is 6.83. The van der Waals surface area contributed by atoms with Crippen LogP contribution in [0.2, 0.25) is 0 Å². The van der Waals surface area contributed by atoms with E-state index in [0.717, 1.165) is 32.1 Å². The Labute approximate surface area is 117 Å². The summed E-state index contributed by atoms with van der Waals surface area (Å²) < 4.78 is 0. The zero-order valence-corrected chi connectivity index (χ0v) is 11.3. The fraction of sp³-hybridized carbons (Fsp3) is 0.571. The van der Waals surface area contributed by atoms with Crippen LogP contribution >= 0.6 is 0 Å². The SMILES string of the molecule is N#Cc1ccnnc1NCC1(CC(=O)O)CCCCC1. The van der Waals surface area contributed by atoms with Crippen LogP contribution in [0.5, 0.6) is 0 Å². The third kappa shape index (κ3) is 3.44. The largest absolute Gasteiger partial charge is 0.481 e. The van der Waals surface area contributed by atoms with Gasteiger partial charge in [-0.2, -0.15) is 10.4 Å². The number of aromatic nitrogens is 2. The van der Waals surface area contributed by atoms with E-state index < -0.39 is 5.97 Å². The Morgan fingerprint density at radius 1 is 1.45 bits per heavy atom. The molecule has 0 atom stereocenters. The predicted octanol–water partition coefficient (Wildman–Crippen LogP) is 2.19. The van der Waals surface area contributed by atoms with E-state index in [1.54, 1.807) is 6.07 Å². The van der Waals surface area contributed by atoms with Crippen LogP contribution in [0, 0.1) is 16.7 Å². The highest BCUT2D eigenvalue weighted by molar-refractivity contribution is 5.68. The molecule has 1 aliphatic carbocycles. The highest BCUT2D eigenvalue weighted by atomic mass is 16.4. The monoisotopic (exact) mass is 274 g/mol. The summed E-state index contributed by atoms with van der Waals surface area (Å²) in [6.07, 6.45) is 6.69. The van der Waals surface area contributed by atoms with Gasteiger partial charge in [0, 0.05) is 6.54 Å². The lowest BCUT2D eigenvalue weighted by molar-refractivity contribution is -0.140. The summed E-state index contributed by atoms with van der Waals surface area (Å²) in [5.74, 6) is -0.335. The van der Waals surface area contributed by atoms with E-state index in [2.05, 4.69) is 21.6 Å². The van der Waals surface area contributed by atoms with Crippen LogP contribution in [0.1, 0.15) is 44.1 Å². The fourth-order valence-corrected chi connectivity index (χ4v) is 2.86. The normalized spacial score (nSPS) is 17.1. The van der Waals surface area contributed by atoms with Crippen molar-refractivity contribution in [1.82, 2.24) is 10.2 Å². The fourth-order valence-electron chi connectivity index (χ4n) is 2.86. The number of carboxylic acids is 1. The van der Waals surface area contributed by atoms with Crippen molar-refractivity contribution in [3.63, 3.8) is 0 Å². The van der Waals surface area contributed by atoms with Gasteiger partial charge in [0.1, 0.15) is 6.07 Å². The van der Waals surface area contributed by atoms with Crippen molar-refractivity contribution < 1.29 is 9.90 Å². The molecule has 1 aromatic rings. The number of anilines is 1. The number of nitriles is 1. The van der Waals surface area contributed by atoms with Crippen molar-refractivity contribution >= 4 is 11.8 Å². The molecule has 0 spiro atoms. The summed E-state index contributed by atoms with van der Waals surface area (Å²) in [7, 11) is 0. The van der Waals surface area contributed by atoms with E-state index in [1.165, 1.54) is 6.20 Å². The maximum absolute atomic E-state index is 11.1. The van der Waals surface area contributed by atoms with Crippen molar-refractivity contribution in [2.24, 2.45) is 5.41 Å². The third-order valence-corrected chi connectivity index (χ3v) is 3.91. The number of aliphatic carboxylic acids is 1. The van der Waals surface area contributed by atoms with Gasteiger partial charge in [-0.3, -0.25) is 4.79 Å². The molecule has 1 heterocycles. The third-order valence-electron chi connectivity index (χ3n) is 3.91. The van der Waals surface area contributed by atoms with Crippen molar-refractivity contribution in [2.75, 3.05) is 11.9 Å². The molecule has 0 saturated heterocycles. The number of nitrogens with one attached hydrogen (secondary N) is 1. The Hall–Kier alpha value is -2.16. The minimum atomic E-state index is -0.770. The highest BCUT2D eigenvalue weighted by Crippen LogP contribution is 2.39. The quantitative estimate of drug-likeness (QED) is 0.853. The van der Waals surface area contributed by atoms with Crippen LogP contribution in [-0.4, -0.2) is 27.8 Å². The molecule has 1 aromatic heterocycles. The number of carboxylic acid groups (broad SMARTS) is 1. The van der Waals surface area contributed by atoms with Crippen molar-refractivity contribution in [1.29, 1.82) is 5.26 Å². The average molecular weight is 274 g/mol. The molecule has 6 nitrogen and oxygen atoms in total. The smallest absolute Gasteiger partial charge is 0.303 e. The molecule has 1 aliphatic rings. The standard InChI is InChI=1S/C14H18N4O2/c15-9-11-4-7-17-18-13(11)16-10-14(8-12(19)20)5-2-1-3-6-14/h4,7H,1-3,5-6,8,10H2,(H,16,18)(H,19,20). The van der Waals surface area contributed by atoms with E-state index in [1.807, 2.05) is 0 Å². The van der Waals surface area contributed by atoms with Crippen molar-refractivity contribution in [3.05, 3.63) is 17.8 Å². The number of hydrogen-bond acceptors (Lipinski definition) is 5. The van der Waals surface area contributed by atoms with Gasteiger partial charge in [0.2, 0.25) is 0 Å². The summed E-state index contributed by atoms with van der Waals surface area (Å²) in [5.41, 5.74) is 0.190. The highest BCUT2D eigenvalue weighted by Gasteiger charge is 2.34. The second-order valence-electron chi connectivity index (χ2n) is 5.39. The predicted molar refractivity (Wildman–Crippen MR) is 73.0 cm³/mol. The number of hydrogen-bond donors (Lipinski definition) is 2. The van der Waals surface area contributed by atoms with Gasteiger partial charge >= 0.3 is 5.97 Å². The molecule has 6 heteroatoms. The summed E-state index contributed by atoms with van der Waals surface area (Å²) >= 11 is 0. The van der Waals surface area contributed by atoms with E-state index >= 15 is 0 Å². The van der Waals surface area contributed by atoms with E-state index in [-0.39, 0.29) is 11.8 Å². The molecule has 0 amide bonds. The van der Waals surface area contributed by atoms with Gasteiger partial charge in [-0.25, -0.2) is 0 Å². The Balaban J connectivity index is 2.09. The molecule has 0 unspecified atom stereocenters. The molecular formula is C14H18N4O2. The molecule has 1 saturated carbocycles. The minimum Gasteiger partial charge on any atom is -0.481 e. The van der Waals surface area contributed by atoms with Crippen LogP contribution in [0.3, 0.4) is 0 Å². The van der Waals surface area contributed by atoms with Gasteiger partial charge in [0.15, 0.2) is 5.82 Å². The minimum absolute atomic E-state index is 0.155.